The fourth-order valence-electron chi connectivity index (χ4n) is 1.51. The number of nitrogens with zero attached hydrogens (tertiary/aromatic N) is 2. The van der Waals surface area contributed by atoms with Crippen molar-refractivity contribution in [3.05, 3.63) is 34.9 Å². The molecule has 0 spiro atoms. The molecule has 0 fully saturated rings. The average molecular weight is 323 g/mol. The Kier molecular flexibility index (Phi) is 4.57. The lowest BCUT2D eigenvalue weighted by molar-refractivity contribution is 0.415. The molecule has 5 nitrogen and oxygen atoms in total. The maximum atomic E-state index is 5.12. The molecule has 0 aliphatic carbocycles. The molecule has 2 N–H and O–H groups in total. The highest BCUT2D eigenvalue weighted by molar-refractivity contribution is 9.10. The van der Waals surface area contributed by atoms with E-state index in [-0.39, 0.29) is 0 Å². The van der Waals surface area contributed by atoms with Crippen LogP contribution in [0.1, 0.15) is 6.92 Å². The summed E-state index contributed by atoms with van der Waals surface area (Å²) < 4.78 is 5.93. The number of rotatable bonds is 5. The predicted molar refractivity (Wildman–Crippen MR) is 80.2 cm³/mol. The van der Waals surface area contributed by atoms with Gasteiger partial charge in [0.1, 0.15) is 11.6 Å². The highest BCUT2D eigenvalue weighted by Crippen LogP contribution is 2.25. The number of benzene rings is 1. The third kappa shape index (κ3) is 3.57. The van der Waals surface area contributed by atoms with Crippen LogP contribution in [0.4, 0.5) is 17.5 Å². The van der Waals surface area contributed by atoms with E-state index in [9.17, 15) is 0 Å². The van der Waals surface area contributed by atoms with Crippen LogP contribution in [0.15, 0.2) is 34.9 Å². The maximum absolute atomic E-state index is 5.12. The Balaban J connectivity index is 2.18. The minimum atomic E-state index is 0.599. The highest BCUT2D eigenvalue weighted by Gasteiger charge is 2.05. The molecule has 1 heterocycles. The van der Waals surface area contributed by atoms with Crippen LogP contribution in [0.5, 0.6) is 5.75 Å². The van der Waals surface area contributed by atoms with Crippen LogP contribution in [-0.4, -0.2) is 23.6 Å². The lowest BCUT2D eigenvalue weighted by Gasteiger charge is -2.10. The van der Waals surface area contributed by atoms with Crippen molar-refractivity contribution in [1.29, 1.82) is 0 Å². The van der Waals surface area contributed by atoms with Gasteiger partial charge in [0.15, 0.2) is 0 Å². The molecule has 1 aromatic heterocycles. The van der Waals surface area contributed by atoms with Gasteiger partial charge in [0.25, 0.3) is 0 Å². The maximum Gasteiger partial charge on any atom is 0.224 e. The number of nitrogens with one attached hydrogen (secondary N) is 2. The molecule has 0 saturated carbocycles. The summed E-state index contributed by atoms with van der Waals surface area (Å²) in [5.74, 6) is 2.14. The smallest absolute Gasteiger partial charge is 0.224 e. The van der Waals surface area contributed by atoms with Gasteiger partial charge in [-0.05, 0) is 47.1 Å². The van der Waals surface area contributed by atoms with Crippen LogP contribution in [0.3, 0.4) is 0 Å². The zero-order valence-electron chi connectivity index (χ0n) is 10.8. The second kappa shape index (κ2) is 6.38. The van der Waals surface area contributed by atoms with E-state index < -0.39 is 0 Å². The summed E-state index contributed by atoms with van der Waals surface area (Å²) in [4.78, 5) is 8.56. The quantitative estimate of drug-likeness (QED) is 0.883. The first-order valence-electron chi connectivity index (χ1n) is 5.90. The first-order chi connectivity index (χ1) is 9.22. The molecule has 1 aromatic carbocycles. The summed E-state index contributed by atoms with van der Waals surface area (Å²) in [6, 6.07) is 7.64. The number of halogens is 1. The summed E-state index contributed by atoms with van der Waals surface area (Å²) in [5, 5.41) is 6.30. The highest BCUT2D eigenvalue weighted by atomic mass is 79.9. The van der Waals surface area contributed by atoms with Gasteiger partial charge in [-0.15, -0.1) is 0 Å². The van der Waals surface area contributed by atoms with Crippen LogP contribution >= 0.6 is 15.9 Å². The molecule has 2 aromatic rings. The van der Waals surface area contributed by atoms with Crippen LogP contribution in [0.25, 0.3) is 0 Å². The van der Waals surface area contributed by atoms with Crippen molar-refractivity contribution in [3.8, 4) is 5.75 Å². The summed E-state index contributed by atoms with van der Waals surface area (Å²) in [6.45, 7) is 2.78. The van der Waals surface area contributed by atoms with Crippen molar-refractivity contribution in [3.63, 3.8) is 0 Å². The Hall–Kier alpha value is -1.82. The van der Waals surface area contributed by atoms with E-state index >= 15 is 0 Å². The van der Waals surface area contributed by atoms with Gasteiger partial charge in [0, 0.05) is 18.4 Å². The molecule has 0 saturated heterocycles. The topological polar surface area (TPSA) is 59.1 Å². The van der Waals surface area contributed by atoms with Gasteiger partial charge in [-0.25, -0.2) is 4.98 Å². The molecular formula is C13H15BrN4O. The van der Waals surface area contributed by atoms with E-state index in [4.69, 9.17) is 4.74 Å². The Morgan fingerprint density at radius 1 is 1.26 bits per heavy atom. The first kappa shape index (κ1) is 13.6. The van der Waals surface area contributed by atoms with Gasteiger partial charge in [0.05, 0.1) is 11.6 Å². The van der Waals surface area contributed by atoms with Crippen molar-refractivity contribution in [2.45, 2.75) is 6.92 Å². The zero-order chi connectivity index (χ0) is 13.7. The minimum Gasteiger partial charge on any atom is -0.497 e. The normalized spacial score (nSPS) is 10.1. The molecule has 6 heteroatoms. The molecule has 0 aliphatic heterocycles. The largest absolute Gasteiger partial charge is 0.497 e. The molecule has 100 valence electrons. The van der Waals surface area contributed by atoms with E-state index in [1.54, 1.807) is 13.3 Å². The molecule has 0 atom stereocenters. The monoisotopic (exact) mass is 322 g/mol. The van der Waals surface area contributed by atoms with Gasteiger partial charge in [-0.3, -0.25) is 0 Å². The third-order valence-corrected chi connectivity index (χ3v) is 3.01. The summed E-state index contributed by atoms with van der Waals surface area (Å²) in [5.41, 5.74) is 0.933. The van der Waals surface area contributed by atoms with E-state index in [1.165, 1.54) is 0 Å². The van der Waals surface area contributed by atoms with E-state index in [0.717, 1.165) is 28.3 Å². The van der Waals surface area contributed by atoms with Gasteiger partial charge < -0.3 is 15.4 Å². The zero-order valence-corrected chi connectivity index (χ0v) is 12.4. The van der Waals surface area contributed by atoms with E-state index in [0.29, 0.717) is 5.95 Å². The van der Waals surface area contributed by atoms with Gasteiger partial charge >= 0.3 is 0 Å². The first-order valence-corrected chi connectivity index (χ1v) is 6.69. The van der Waals surface area contributed by atoms with Crippen molar-refractivity contribution in [2.24, 2.45) is 0 Å². The molecule has 0 aliphatic rings. The van der Waals surface area contributed by atoms with E-state index in [1.807, 2.05) is 31.2 Å². The third-order valence-electron chi connectivity index (χ3n) is 2.43. The van der Waals surface area contributed by atoms with Crippen LogP contribution in [-0.2, 0) is 0 Å². The van der Waals surface area contributed by atoms with Crippen molar-refractivity contribution in [2.75, 3.05) is 24.3 Å². The predicted octanol–water partition coefficient (Wildman–Crippen LogP) is 3.42. The SMILES string of the molecule is CCNc1ncc(Br)c(Nc2ccc(OC)cc2)n1. The Bertz CT molecular complexity index is 545. The fourth-order valence-corrected chi connectivity index (χ4v) is 1.80. The lowest BCUT2D eigenvalue weighted by atomic mass is 10.3. The number of aromatic nitrogens is 2. The van der Waals surface area contributed by atoms with Crippen molar-refractivity contribution >= 4 is 33.4 Å². The Morgan fingerprint density at radius 3 is 2.63 bits per heavy atom. The number of ether oxygens (including phenoxy) is 1. The number of hydrogen-bond acceptors (Lipinski definition) is 5. The van der Waals surface area contributed by atoms with E-state index in [2.05, 4.69) is 36.5 Å². The molecule has 2 rings (SSSR count). The van der Waals surface area contributed by atoms with Crippen LogP contribution < -0.4 is 15.4 Å². The second-order valence-electron chi connectivity index (χ2n) is 3.77. The van der Waals surface area contributed by atoms with Crippen LogP contribution in [0.2, 0.25) is 0 Å². The number of methoxy groups -OCH3 is 1. The number of hydrogen-bond donors (Lipinski definition) is 2. The number of anilines is 3. The fraction of sp³-hybridized carbons (Fsp3) is 0.231. The molecule has 0 amide bonds. The van der Waals surface area contributed by atoms with Crippen LogP contribution in [0, 0.1) is 0 Å². The molecule has 0 unspecified atom stereocenters. The van der Waals surface area contributed by atoms with Crippen molar-refractivity contribution in [1.82, 2.24) is 9.97 Å². The Labute approximate surface area is 120 Å². The summed E-state index contributed by atoms with van der Waals surface area (Å²) in [6.07, 6.45) is 1.72. The average Bonchev–Trinajstić information content (AvgIpc) is 2.44. The summed E-state index contributed by atoms with van der Waals surface area (Å²) >= 11 is 3.43. The molecular weight excluding hydrogens is 308 g/mol. The molecule has 19 heavy (non-hydrogen) atoms. The van der Waals surface area contributed by atoms with Gasteiger partial charge in [-0.2, -0.15) is 4.98 Å². The standard InChI is InChI=1S/C13H15BrN4O/c1-3-15-13-16-8-11(14)12(18-13)17-9-4-6-10(19-2)7-5-9/h4-8H,3H2,1-2H3,(H2,15,16,17,18). The van der Waals surface area contributed by atoms with Gasteiger partial charge in [0.2, 0.25) is 5.95 Å². The Morgan fingerprint density at radius 2 is 2.00 bits per heavy atom. The summed E-state index contributed by atoms with van der Waals surface area (Å²) in [7, 11) is 1.64. The minimum absolute atomic E-state index is 0.599. The second-order valence-corrected chi connectivity index (χ2v) is 4.63. The molecule has 0 bridgehead atoms. The van der Waals surface area contributed by atoms with Gasteiger partial charge in [-0.1, -0.05) is 0 Å². The van der Waals surface area contributed by atoms with Crippen molar-refractivity contribution < 1.29 is 4.74 Å². The lowest BCUT2D eigenvalue weighted by Crippen LogP contribution is -2.04. The molecule has 0 radical (unpaired) electrons.